The van der Waals surface area contributed by atoms with Crippen molar-refractivity contribution in [3.8, 4) is 0 Å². The summed E-state index contributed by atoms with van der Waals surface area (Å²) in [5, 5.41) is 8.33. The lowest BCUT2D eigenvalue weighted by Gasteiger charge is -2.27. The molecule has 0 atom stereocenters. The number of carbonyl (C=O) groups excluding carboxylic acids is 2. The van der Waals surface area contributed by atoms with Gasteiger partial charge in [0.05, 0.1) is 12.1 Å². The first kappa shape index (κ1) is 22.2. The third-order valence-electron chi connectivity index (χ3n) is 3.84. The van der Waals surface area contributed by atoms with Crippen molar-refractivity contribution in [2.45, 2.75) is 6.18 Å². The summed E-state index contributed by atoms with van der Waals surface area (Å²) in [6.07, 6.45) is -4.45. The van der Waals surface area contributed by atoms with E-state index in [0.717, 1.165) is 57.0 Å². The Morgan fingerprint density at radius 2 is 1.69 bits per heavy atom. The largest absolute Gasteiger partial charge is 0.416 e. The standard InChI is InChI=1S/C16H21F3N4O2.ClH/c17-16(18,19)13-3-1-12(2-4-13)15(25)22-11-14(24)21-7-10-23-8-5-20-6-9-23;/h1-4,20H,5-11H2,(H,21,24)(H,22,25);1H. The van der Waals surface area contributed by atoms with Crippen molar-refractivity contribution in [2.24, 2.45) is 0 Å². The number of hydrogen-bond donors (Lipinski definition) is 3. The molecule has 1 saturated heterocycles. The van der Waals surface area contributed by atoms with E-state index in [-0.39, 0.29) is 30.4 Å². The Bertz CT molecular complexity index is 590. The molecule has 0 bridgehead atoms. The molecule has 1 fully saturated rings. The monoisotopic (exact) mass is 394 g/mol. The third-order valence-corrected chi connectivity index (χ3v) is 3.84. The predicted octanol–water partition coefficient (Wildman–Crippen LogP) is 0.878. The van der Waals surface area contributed by atoms with Gasteiger partial charge in [-0.15, -0.1) is 12.4 Å². The predicted molar refractivity (Wildman–Crippen MR) is 93.3 cm³/mol. The van der Waals surface area contributed by atoms with Crippen molar-refractivity contribution in [1.82, 2.24) is 20.9 Å². The lowest BCUT2D eigenvalue weighted by atomic mass is 10.1. The summed E-state index contributed by atoms with van der Waals surface area (Å²) in [5.74, 6) is -0.929. The van der Waals surface area contributed by atoms with Crippen molar-refractivity contribution in [3.05, 3.63) is 35.4 Å². The van der Waals surface area contributed by atoms with Crippen LogP contribution in [0.25, 0.3) is 0 Å². The lowest BCUT2D eigenvalue weighted by Crippen LogP contribution is -2.47. The van der Waals surface area contributed by atoms with Crippen LogP contribution in [0.3, 0.4) is 0 Å². The molecule has 3 N–H and O–H groups in total. The van der Waals surface area contributed by atoms with Crippen LogP contribution in [0.4, 0.5) is 13.2 Å². The van der Waals surface area contributed by atoms with Crippen LogP contribution in [0.15, 0.2) is 24.3 Å². The maximum absolute atomic E-state index is 12.5. The molecule has 10 heteroatoms. The molecule has 6 nitrogen and oxygen atoms in total. The summed E-state index contributed by atoms with van der Waals surface area (Å²) >= 11 is 0. The molecule has 0 spiro atoms. The summed E-state index contributed by atoms with van der Waals surface area (Å²) < 4.78 is 37.4. The minimum atomic E-state index is -4.45. The second kappa shape index (κ2) is 10.3. The van der Waals surface area contributed by atoms with Gasteiger partial charge in [0.2, 0.25) is 5.91 Å². The van der Waals surface area contributed by atoms with E-state index >= 15 is 0 Å². The summed E-state index contributed by atoms with van der Waals surface area (Å²) in [5.41, 5.74) is -0.753. The Kier molecular flexibility index (Phi) is 8.83. The highest BCUT2D eigenvalue weighted by Crippen LogP contribution is 2.28. The Morgan fingerprint density at radius 3 is 2.27 bits per heavy atom. The van der Waals surface area contributed by atoms with Gasteiger partial charge in [0, 0.05) is 44.8 Å². The second-order valence-corrected chi connectivity index (χ2v) is 5.70. The van der Waals surface area contributed by atoms with Crippen molar-refractivity contribution in [3.63, 3.8) is 0 Å². The molecule has 0 radical (unpaired) electrons. The van der Waals surface area contributed by atoms with Crippen LogP contribution in [0.2, 0.25) is 0 Å². The molecular formula is C16H22ClF3N4O2. The number of nitrogens with zero attached hydrogens (tertiary/aromatic N) is 1. The Balaban J connectivity index is 0.00000338. The van der Waals surface area contributed by atoms with E-state index in [2.05, 4.69) is 20.9 Å². The molecule has 146 valence electrons. The molecule has 1 aromatic rings. The molecule has 1 aliphatic rings. The molecule has 1 aromatic carbocycles. The van der Waals surface area contributed by atoms with Crippen molar-refractivity contribution < 1.29 is 22.8 Å². The Labute approximate surface area is 155 Å². The van der Waals surface area contributed by atoms with Crippen LogP contribution in [0.1, 0.15) is 15.9 Å². The second-order valence-electron chi connectivity index (χ2n) is 5.70. The van der Waals surface area contributed by atoms with Crippen molar-refractivity contribution in [2.75, 3.05) is 45.8 Å². The first-order valence-electron chi connectivity index (χ1n) is 8.01. The zero-order valence-electron chi connectivity index (χ0n) is 14.1. The van der Waals surface area contributed by atoms with Crippen molar-refractivity contribution >= 4 is 24.2 Å². The van der Waals surface area contributed by atoms with Crippen LogP contribution < -0.4 is 16.0 Å². The summed E-state index contributed by atoms with van der Waals surface area (Å²) in [4.78, 5) is 25.8. The molecule has 0 saturated carbocycles. The smallest absolute Gasteiger partial charge is 0.353 e. The van der Waals surface area contributed by atoms with Gasteiger partial charge in [-0.1, -0.05) is 0 Å². The number of rotatable bonds is 6. The highest BCUT2D eigenvalue weighted by Gasteiger charge is 2.30. The van der Waals surface area contributed by atoms with Crippen LogP contribution in [0, 0.1) is 0 Å². The SMILES string of the molecule is Cl.O=C(CNC(=O)c1ccc(C(F)(F)F)cc1)NCCN1CCNCC1. The van der Waals surface area contributed by atoms with Gasteiger partial charge >= 0.3 is 6.18 Å². The quantitative estimate of drug-likeness (QED) is 0.669. The highest BCUT2D eigenvalue weighted by atomic mass is 35.5. The van der Waals surface area contributed by atoms with E-state index in [4.69, 9.17) is 0 Å². The zero-order chi connectivity index (χ0) is 18.3. The van der Waals surface area contributed by atoms with Crippen molar-refractivity contribution in [1.29, 1.82) is 0 Å². The normalized spacial score (nSPS) is 15.0. The summed E-state index contributed by atoms with van der Waals surface area (Å²) in [6, 6.07) is 3.84. The van der Waals surface area contributed by atoms with Gasteiger partial charge in [0.15, 0.2) is 0 Å². The molecule has 0 unspecified atom stereocenters. The van der Waals surface area contributed by atoms with Crippen LogP contribution in [-0.2, 0) is 11.0 Å². The van der Waals surface area contributed by atoms with E-state index in [1.54, 1.807) is 0 Å². The van der Waals surface area contributed by atoms with E-state index in [1.165, 1.54) is 0 Å². The Hall–Kier alpha value is -1.84. The fourth-order valence-corrected chi connectivity index (χ4v) is 2.42. The Morgan fingerprint density at radius 1 is 1.08 bits per heavy atom. The number of halogens is 4. The highest BCUT2D eigenvalue weighted by molar-refractivity contribution is 5.96. The van der Waals surface area contributed by atoms with Crippen LogP contribution in [0.5, 0.6) is 0 Å². The minimum absolute atomic E-state index is 0. The molecule has 0 aliphatic carbocycles. The number of benzene rings is 1. The van der Waals surface area contributed by atoms with Gasteiger partial charge in [-0.2, -0.15) is 13.2 Å². The first-order valence-corrected chi connectivity index (χ1v) is 8.01. The first-order chi connectivity index (χ1) is 11.9. The van der Waals surface area contributed by atoms with Gasteiger partial charge in [-0.25, -0.2) is 0 Å². The number of alkyl halides is 3. The molecular weight excluding hydrogens is 373 g/mol. The zero-order valence-corrected chi connectivity index (χ0v) is 14.9. The number of piperazine rings is 1. The van der Waals surface area contributed by atoms with Crippen LogP contribution >= 0.6 is 12.4 Å². The van der Waals surface area contributed by atoms with E-state index in [1.807, 2.05) is 0 Å². The molecule has 2 amide bonds. The minimum Gasteiger partial charge on any atom is -0.353 e. The van der Waals surface area contributed by atoms with Gasteiger partial charge in [0.25, 0.3) is 5.91 Å². The average Bonchev–Trinajstić information content (AvgIpc) is 2.60. The fraction of sp³-hybridized carbons (Fsp3) is 0.500. The number of nitrogens with one attached hydrogen (secondary N) is 3. The average molecular weight is 395 g/mol. The molecule has 0 aromatic heterocycles. The van der Waals surface area contributed by atoms with E-state index < -0.39 is 17.6 Å². The number of carbonyl (C=O) groups is 2. The van der Waals surface area contributed by atoms with Gasteiger partial charge < -0.3 is 16.0 Å². The maximum Gasteiger partial charge on any atom is 0.416 e. The van der Waals surface area contributed by atoms with Gasteiger partial charge in [-0.05, 0) is 24.3 Å². The lowest BCUT2D eigenvalue weighted by molar-refractivity contribution is -0.137. The number of amides is 2. The topological polar surface area (TPSA) is 73.5 Å². The molecule has 1 aliphatic heterocycles. The summed E-state index contributed by atoms with van der Waals surface area (Å²) in [7, 11) is 0. The molecule has 1 heterocycles. The van der Waals surface area contributed by atoms with E-state index in [9.17, 15) is 22.8 Å². The fourth-order valence-electron chi connectivity index (χ4n) is 2.42. The van der Waals surface area contributed by atoms with Gasteiger partial charge in [0.1, 0.15) is 0 Å². The summed E-state index contributed by atoms with van der Waals surface area (Å²) in [6.45, 7) is 4.71. The molecule has 26 heavy (non-hydrogen) atoms. The number of hydrogen-bond acceptors (Lipinski definition) is 4. The van der Waals surface area contributed by atoms with E-state index in [0.29, 0.717) is 6.54 Å². The van der Waals surface area contributed by atoms with Crippen LogP contribution in [-0.4, -0.2) is 62.5 Å². The van der Waals surface area contributed by atoms with Gasteiger partial charge in [-0.3, -0.25) is 14.5 Å². The molecule has 2 rings (SSSR count). The third kappa shape index (κ3) is 7.19. The maximum atomic E-state index is 12.5.